The van der Waals surface area contributed by atoms with Crippen LogP contribution in [0, 0.1) is 0 Å². The Labute approximate surface area is 333 Å². The van der Waals surface area contributed by atoms with Gasteiger partial charge in [-0.15, -0.1) is 0 Å². The monoisotopic (exact) mass is 738 g/mol. The van der Waals surface area contributed by atoms with Crippen molar-refractivity contribution in [3.05, 3.63) is 206 Å². The first-order valence-corrected chi connectivity index (χ1v) is 19.9. The van der Waals surface area contributed by atoms with E-state index in [0.717, 1.165) is 22.7 Å². The summed E-state index contributed by atoms with van der Waals surface area (Å²) in [7, 11) is 0. The predicted octanol–water partition coefficient (Wildman–Crippen LogP) is 14.1. The molecule has 270 valence electrons. The molecule has 0 fully saturated rings. The molecule has 0 aliphatic heterocycles. The van der Waals surface area contributed by atoms with Crippen molar-refractivity contribution in [3.8, 4) is 22.7 Å². The van der Waals surface area contributed by atoms with Gasteiger partial charge in [0, 0.05) is 65.8 Å². The second-order valence-electron chi connectivity index (χ2n) is 15.4. The van der Waals surface area contributed by atoms with Gasteiger partial charge in [-0.05, 0) is 91.0 Å². The molecule has 0 saturated heterocycles. The van der Waals surface area contributed by atoms with Crippen molar-refractivity contribution in [1.82, 2.24) is 18.3 Å². The Morgan fingerprint density at radius 1 is 0.172 bits per heavy atom. The van der Waals surface area contributed by atoms with Gasteiger partial charge in [0.15, 0.2) is 0 Å². The number of hydrogen-bond donors (Lipinski definition) is 0. The molecule has 0 bridgehead atoms. The first kappa shape index (κ1) is 31.4. The van der Waals surface area contributed by atoms with Crippen LogP contribution in [0.1, 0.15) is 0 Å². The third-order valence-corrected chi connectivity index (χ3v) is 12.3. The van der Waals surface area contributed by atoms with Crippen LogP contribution in [0.15, 0.2) is 206 Å². The average Bonchev–Trinajstić information content (AvgIpc) is 4.01. The molecule has 0 amide bonds. The third kappa shape index (κ3) is 4.29. The number of nitrogens with zero attached hydrogens (tertiary/aromatic N) is 4. The smallest absolute Gasteiger partial charge is 0.0561 e. The van der Waals surface area contributed by atoms with Gasteiger partial charge in [0.2, 0.25) is 0 Å². The van der Waals surface area contributed by atoms with Gasteiger partial charge in [-0.3, -0.25) is 0 Å². The molecule has 4 heteroatoms. The van der Waals surface area contributed by atoms with Crippen LogP contribution in [0.2, 0.25) is 0 Å². The zero-order valence-corrected chi connectivity index (χ0v) is 31.4. The highest BCUT2D eigenvalue weighted by Gasteiger charge is 2.20. The summed E-state index contributed by atoms with van der Waals surface area (Å²) in [6, 6.07) is 75.5. The fourth-order valence-corrected chi connectivity index (χ4v) is 9.91. The van der Waals surface area contributed by atoms with Gasteiger partial charge in [-0.25, -0.2) is 0 Å². The zero-order valence-electron chi connectivity index (χ0n) is 31.4. The van der Waals surface area contributed by atoms with Gasteiger partial charge in [0.25, 0.3) is 0 Å². The van der Waals surface area contributed by atoms with Crippen LogP contribution in [0.3, 0.4) is 0 Å². The largest absolute Gasteiger partial charge is 0.309 e. The molecule has 4 aromatic heterocycles. The number of aromatic nitrogens is 4. The summed E-state index contributed by atoms with van der Waals surface area (Å²) < 4.78 is 9.69. The van der Waals surface area contributed by atoms with E-state index in [2.05, 4.69) is 225 Å². The molecule has 9 aromatic carbocycles. The Kier molecular flexibility index (Phi) is 6.41. The first-order valence-electron chi connectivity index (χ1n) is 19.9. The molecule has 0 atom stereocenters. The molecule has 0 N–H and O–H groups in total. The fraction of sp³-hybridized carbons (Fsp3) is 0. The van der Waals surface area contributed by atoms with E-state index in [1.54, 1.807) is 0 Å². The molecule has 4 nitrogen and oxygen atoms in total. The SMILES string of the molecule is c1ccc(-n2c3ccccc3c3cc(-n4c5ccccc5c5ccc(-n6c7ccccc7c7cc(-n8c9ccccc9c9ccccc98)ccc76)cc54)ccc32)cc1. The first-order chi connectivity index (χ1) is 28.8. The van der Waals surface area contributed by atoms with Gasteiger partial charge in [-0.1, -0.05) is 115 Å². The van der Waals surface area contributed by atoms with Crippen LogP contribution in [-0.4, -0.2) is 18.3 Å². The molecule has 0 saturated carbocycles. The predicted molar refractivity (Wildman–Crippen MR) is 244 cm³/mol. The van der Waals surface area contributed by atoms with Crippen LogP contribution in [0.4, 0.5) is 0 Å². The molecule has 4 heterocycles. The molecule has 58 heavy (non-hydrogen) atoms. The molecule has 13 rings (SSSR count). The fourth-order valence-electron chi connectivity index (χ4n) is 9.91. The Morgan fingerprint density at radius 3 is 0.914 bits per heavy atom. The van der Waals surface area contributed by atoms with Crippen LogP contribution < -0.4 is 0 Å². The van der Waals surface area contributed by atoms with Crippen molar-refractivity contribution in [2.75, 3.05) is 0 Å². The summed E-state index contributed by atoms with van der Waals surface area (Å²) in [5, 5.41) is 9.97. The van der Waals surface area contributed by atoms with Crippen LogP contribution in [0.25, 0.3) is 110 Å². The number of para-hydroxylation sites is 6. The van der Waals surface area contributed by atoms with E-state index in [1.807, 2.05) is 0 Å². The minimum absolute atomic E-state index is 1.13. The normalized spacial score (nSPS) is 12.1. The Balaban J connectivity index is 1.04. The molecule has 0 spiro atoms. The van der Waals surface area contributed by atoms with Gasteiger partial charge < -0.3 is 18.3 Å². The molecule has 0 aliphatic rings. The van der Waals surface area contributed by atoms with E-state index >= 15 is 0 Å². The second kappa shape index (κ2) is 11.8. The highest BCUT2D eigenvalue weighted by Crippen LogP contribution is 2.40. The van der Waals surface area contributed by atoms with Gasteiger partial charge in [0.05, 0.1) is 44.1 Å². The van der Waals surface area contributed by atoms with E-state index < -0.39 is 0 Å². The molecular formula is C54H34N4. The molecule has 0 aliphatic carbocycles. The lowest BCUT2D eigenvalue weighted by Crippen LogP contribution is -1.98. The Morgan fingerprint density at radius 2 is 0.466 bits per heavy atom. The van der Waals surface area contributed by atoms with Crippen molar-refractivity contribution >= 4 is 87.2 Å². The number of rotatable bonds is 4. The summed E-state index contributed by atoms with van der Waals surface area (Å²) in [6.07, 6.45) is 0. The van der Waals surface area contributed by atoms with E-state index in [0.29, 0.717) is 0 Å². The lowest BCUT2D eigenvalue weighted by atomic mass is 10.1. The molecule has 0 radical (unpaired) electrons. The Hall–Kier alpha value is -7.82. The summed E-state index contributed by atoms with van der Waals surface area (Å²) in [5.74, 6) is 0. The maximum Gasteiger partial charge on any atom is 0.0561 e. The summed E-state index contributed by atoms with van der Waals surface area (Å²) in [6.45, 7) is 0. The standard InChI is InChI=1S/C54H34N4/c1-2-14-35(15-3-1)55-50-24-12-7-19-42(50)45-33-37(28-30-52(45)55)58-49-23-11-6-18-41(49)44-29-26-38(34-54(44)58)57-51-25-13-8-20-43(51)46-32-36(27-31-53(46)57)56-47-21-9-4-16-39(47)40-17-5-10-22-48(40)56/h1-34H. The van der Waals surface area contributed by atoms with Crippen LogP contribution in [0.5, 0.6) is 0 Å². The van der Waals surface area contributed by atoms with Gasteiger partial charge in [0.1, 0.15) is 0 Å². The minimum Gasteiger partial charge on any atom is -0.309 e. The van der Waals surface area contributed by atoms with Gasteiger partial charge in [-0.2, -0.15) is 0 Å². The number of benzene rings is 9. The van der Waals surface area contributed by atoms with Crippen molar-refractivity contribution in [2.24, 2.45) is 0 Å². The summed E-state index contributed by atoms with van der Waals surface area (Å²) in [5.41, 5.74) is 14.2. The number of fused-ring (bicyclic) bond motifs is 12. The highest BCUT2D eigenvalue weighted by atomic mass is 15.0. The van der Waals surface area contributed by atoms with Crippen LogP contribution in [-0.2, 0) is 0 Å². The van der Waals surface area contributed by atoms with Crippen molar-refractivity contribution in [2.45, 2.75) is 0 Å². The maximum absolute atomic E-state index is 2.45. The van der Waals surface area contributed by atoms with E-state index in [-0.39, 0.29) is 0 Å². The zero-order chi connectivity index (χ0) is 37.9. The lowest BCUT2D eigenvalue weighted by Gasteiger charge is -2.12. The van der Waals surface area contributed by atoms with Crippen molar-refractivity contribution < 1.29 is 0 Å². The van der Waals surface area contributed by atoms with Gasteiger partial charge >= 0.3 is 0 Å². The minimum atomic E-state index is 1.13. The lowest BCUT2D eigenvalue weighted by molar-refractivity contribution is 1.15. The van der Waals surface area contributed by atoms with Crippen LogP contribution >= 0.6 is 0 Å². The van der Waals surface area contributed by atoms with Crippen molar-refractivity contribution in [1.29, 1.82) is 0 Å². The molecule has 13 aromatic rings. The summed E-state index contributed by atoms with van der Waals surface area (Å²) >= 11 is 0. The number of hydrogen-bond acceptors (Lipinski definition) is 0. The second-order valence-corrected chi connectivity index (χ2v) is 15.4. The average molecular weight is 739 g/mol. The quantitative estimate of drug-likeness (QED) is 0.171. The Bertz CT molecular complexity index is 3740. The maximum atomic E-state index is 2.45. The van der Waals surface area contributed by atoms with E-state index in [4.69, 9.17) is 0 Å². The van der Waals surface area contributed by atoms with Crippen molar-refractivity contribution in [3.63, 3.8) is 0 Å². The third-order valence-electron chi connectivity index (χ3n) is 12.3. The summed E-state index contributed by atoms with van der Waals surface area (Å²) in [4.78, 5) is 0. The van der Waals surface area contributed by atoms with E-state index in [9.17, 15) is 0 Å². The molecule has 0 unspecified atom stereocenters. The molecular weight excluding hydrogens is 705 g/mol. The topological polar surface area (TPSA) is 19.7 Å². The highest BCUT2D eigenvalue weighted by molar-refractivity contribution is 6.15. The van der Waals surface area contributed by atoms with E-state index in [1.165, 1.54) is 87.2 Å².